The molecule has 8 nitrogen and oxygen atoms in total. The van der Waals surface area contributed by atoms with Crippen LogP contribution in [0.15, 0.2) is 73.2 Å². The molecule has 4 heterocycles. The van der Waals surface area contributed by atoms with Crippen LogP contribution in [0, 0.1) is 12.8 Å². The second-order valence-electron chi connectivity index (χ2n) is 11.1. The minimum absolute atomic E-state index is 0.0258. The summed E-state index contributed by atoms with van der Waals surface area (Å²) in [6, 6.07) is 17.3. The van der Waals surface area contributed by atoms with Crippen molar-refractivity contribution in [1.82, 2.24) is 24.6 Å². The van der Waals surface area contributed by atoms with Crippen molar-refractivity contribution in [3.05, 3.63) is 95.3 Å². The van der Waals surface area contributed by atoms with E-state index >= 15 is 0 Å². The van der Waals surface area contributed by atoms with Gasteiger partial charge in [0, 0.05) is 46.6 Å². The number of pyridine rings is 1. The predicted octanol–water partition coefficient (Wildman–Crippen LogP) is 6.80. The molecule has 0 saturated carbocycles. The molecule has 2 aliphatic rings. The fourth-order valence-electron chi connectivity index (χ4n) is 5.88. The van der Waals surface area contributed by atoms with Crippen molar-refractivity contribution < 1.29 is 9.59 Å². The van der Waals surface area contributed by atoms with Crippen LogP contribution in [0.4, 0.5) is 5.69 Å². The van der Waals surface area contributed by atoms with Gasteiger partial charge in [0.15, 0.2) is 0 Å². The van der Waals surface area contributed by atoms with Crippen LogP contribution in [0.25, 0.3) is 22.4 Å². The third-order valence-corrected chi connectivity index (χ3v) is 8.40. The largest absolute Gasteiger partial charge is 0.330 e. The number of aromatic nitrogens is 4. The third-order valence-electron chi connectivity index (χ3n) is 8.17. The highest BCUT2D eigenvalue weighted by Crippen LogP contribution is 2.37. The van der Waals surface area contributed by atoms with E-state index < -0.39 is 0 Å². The average molecular weight is 581 g/mol. The molecule has 0 radical (unpaired) electrons. The van der Waals surface area contributed by atoms with Gasteiger partial charge in [0.1, 0.15) is 12.2 Å². The zero-order chi connectivity index (χ0) is 29.2. The SMILES string of the molecule is Cc1ncn(-c2ccc(Cl)cc2C2=CC(=O)N([C@H]3CCCC[C@@H](C)C(=O)Nc4ccccc4-c4ccnc3c4)CC2)n1. The van der Waals surface area contributed by atoms with Gasteiger partial charge in [-0.15, -0.1) is 0 Å². The standard InChI is InChI=1S/C33H33ClN6O2/c1-21-7-3-6-10-31(29-17-23(13-15-35-29)26-8-4-5-9-28(26)37-33(21)42)39-16-14-24(18-32(39)41)27-19-25(34)11-12-30(27)40-20-36-22(2)38-40/h4-5,8-9,11-13,15,17-21,31H,3,6-7,10,14,16H2,1-2H3,(H,37,42)/t21-,31+/m1/s1. The van der Waals surface area contributed by atoms with Gasteiger partial charge < -0.3 is 10.2 Å². The number of benzene rings is 2. The maximum Gasteiger partial charge on any atom is 0.247 e. The van der Waals surface area contributed by atoms with Crippen molar-refractivity contribution in [3.63, 3.8) is 0 Å². The third kappa shape index (κ3) is 5.72. The molecule has 2 bridgehead atoms. The first kappa shape index (κ1) is 27.8. The molecular formula is C33H33ClN6O2. The Bertz CT molecular complexity index is 1680. The van der Waals surface area contributed by atoms with Gasteiger partial charge in [-0.05, 0) is 73.7 Å². The van der Waals surface area contributed by atoms with Crippen LogP contribution in [0.2, 0.25) is 5.02 Å². The van der Waals surface area contributed by atoms with Crippen LogP contribution >= 0.6 is 11.6 Å². The number of hydrogen-bond donors (Lipinski definition) is 1. The number of nitrogens with one attached hydrogen (secondary N) is 1. The molecule has 42 heavy (non-hydrogen) atoms. The summed E-state index contributed by atoms with van der Waals surface area (Å²) >= 11 is 6.41. The molecule has 2 aromatic heterocycles. The predicted molar refractivity (Wildman–Crippen MR) is 164 cm³/mol. The van der Waals surface area contributed by atoms with Gasteiger partial charge in [-0.3, -0.25) is 14.6 Å². The molecule has 0 spiro atoms. The highest BCUT2D eigenvalue weighted by molar-refractivity contribution is 6.30. The second kappa shape index (κ2) is 11.9. The molecule has 2 aliphatic heterocycles. The van der Waals surface area contributed by atoms with E-state index in [-0.39, 0.29) is 23.8 Å². The average Bonchev–Trinajstić information content (AvgIpc) is 3.43. The number of aryl methyl sites for hydroxylation is 1. The Kier molecular flexibility index (Phi) is 7.89. The molecule has 2 aromatic carbocycles. The number of amides is 2. The molecular weight excluding hydrogens is 548 g/mol. The second-order valence-corrected chi connectivity index (χ2v) is 11.5. The van der Waals surface area contributed by atoms with Crippen LogP contribution in [0.3, 0.4) is 0 Å². The number of anilines is 1. The number of fused-ring (bicyclic) bond motifs is 4. The van der Waals surface area contributed by atoms with Crippen LogP contribution in [0.1, 0.15) is 62.2 Å². The molecule has 4 aromatic rings. The van der Waals surface area contributed by atoms with Crippen LogP contribution in [0.5, 0.6) is 0 Å². The molecule has 1 N–H and O–H groups in total. The number of nitrogens with zero attached hydrogens (tertiary/aromatic N) is 5. The fraction of sp³-hybridized carbons (Fsp3) is 0.303. The molecule has 0 fully saturated rings. The lowest BCUT2D eigenvalue weighted by molar-refractivity contribution is -0.129. The van der Waals surface area contributed by atoms with Crippen molar-refractivity contribution in [2.75, 3.05) is 11.9 Å². The summed E-state index contributed by atoms with van der Waals surface area (Å²) in [5, 5.41) is 8.20. The van der Waals surface area contributed by atoms with E-state index in [2.05, 4.69) is 21.5 Å². The van der Waals surface area contributed by atoms with Crippen molar-refractivity contribution in [2.24, 2.45) is 5.92 Å². The Balaban J connectivity index is 1.35. The monoisotopic (exact) mass is 580 g/mol. The van der Waals surface area contributed by atoms with Crippen molar-refractivity contribution in [2.45, 2.75) is 52.0 Å². The van der Waals surface area contributed by atoms with E-state index in [4.69, 9.17) is 16.6 Å². The van der Waals surface area contributed by atoms with E-state index in [1.807, 2.05) is 67.3 Å². The van der Waals surface area contributed by atoms with Gasteiger partial charge >= 0.3 is 0 Å². The summed E-state index contributed by atoms with van der Waals surface area (Å²) in [6.45, 7) is 4.37. The summed E-state index contributed by atoms with van der Waals surface area (Å²) in [6.07, 6.45) is 9.18. The lowest BCUT2D eigenvalue weighted by atomic mass is 9.93. The normalized spacial score (nSPS) is 19.6. The minimum Gasteiger partial charge on any atom is -0.330 e. The van der Waals surface area contributed by atoms with Gasteiger partial charge in [-0.25, -0.2) is 9.67 Å². The maximum atomic E-state index is 13.8. The lowest BCUT2D eigenvalue weighted by Crippen LogP contribution is -2.37. The molecule has 214 valence electrons. The van der Waals surface area contributed by atoms with Crippen molar-refractivity contribution in [3.8, 4) is 16.8 Å². The van der Waals surface area contributed by atoms with Crippen LogP contribution in [-0.2, 0) is 9.59 Å². The first-order valence-corrected chi connectivity index (χ1v) is 14.8. The number of hydrogen-bond acceptors (Lipinski definition) is 5. The maximum absolute atomic E-state index is 13.8. The van der Waals surface area contributed by atoms with Gasteiger partial charge in [-0.2, -0.15) is 5.10 Å². The smallest absolute Gasteiger partial charge is 0.247 e. The van der Waals surface area contributed by atoms with E-state index in [0.29, 0.717) is 23.8 Å². The Morgan fingerprint density at radius 2 is 1.81 bits per heavy atom. The topological polar surface area (TPSA) is 93.0 Å². The number of carbonyl (C=O) groups is 2. The van der Waals surface area contributed by atoms with E-state index in [1.54, 1.807) is 23.3 Å². The molecule has 9 heteroatoms. The van der Waals surface area contributed by atoms with E-state index in [0.717, 1.165) is 65.0 Å². The lowest BCUT2D eigenvalue weighted by Gasteiger charge is -2.34. The Labute approximate surface area is 250 Å². The Hall–Kier alpha value is -4.30. The molecule has 6 rings (SSSR count). The van der Waals surface area contributed by atoms with Gasteiger partial charge in [-0.1, -0.05) is 49.6 Å². The summed E-state index contributed by atoms with van der Waals surface area (Å²) in [5.74, 6) is 0.532. The summed E-state index contributed by atoms with van der Waals surface area (Å²) in [7, 11) is 0. The van der Waals surface area contributed by atoms with E-state index in [9.17, 15) is 9.59 Å². The number of carbonyl (C=O) groups excluding carboxylic acids is 2. The van der Waals surface area contributed by atoms with Crippen LogP contribution < -0.4 is 5.32 Å². The van der Waals surface area contributed by atoms with Gasteiger partial charge in [0.05, 0.1) is 17.4 Å². The van der Waals surface area contributed by atoms with Crippen molar-refractivity contribution in [1.29, 1.82) is 0 Å². The fourth-order valence-corrected chi connectivity index (χ4v) is 6.06. The molecule has 2 atom stereocenters. The number of rotatable bonds is 3. The number of para-hydroxylation sites is 1. The van der Waals surface area contributed by atoms with Gasteiger partial charge in [0.25, 0.3) is 0 Å². The Morgan fingerprint density at radius 1 is 0.976 bits per heavy atom. The number of halogens is 1. The highest BCUT2D eigenvalue weighted by Gasteiger charge is 2.30. The van der Waals surface area contributed by atoms with Gasteiger partial charge in [0.2, 0.25) is 11.8 Å². The summed E-state index contributed by atoms with van der Waals surface area (Å²) < 4.78 is 1.72. The first-order valence-electron chi connectivity index (χ1n) is 14.4. The van der Waals surface area contributed by atoms with Crippen molar-refractivity contribution >= 4 is 34.7 Å². The first-order chi connectivity index (χ1) is 20.4. The van der Waals surface area contributed by atoms with E-state index in [1.165, 1.54) is 0 Å². The quantitative estimate of drug-likeness (QED) is 0.288. The Morgan fingerprint density at radius 3 is 2.62 bits per heavy atom. The minimum atomic E-state index is -0.182. The highest BCUT2D eigenvalue weighted by atomic mass is 35.5. The summed E-state index contributed by atoms with van der Waals surface area (Å²) in [5.41, 5.74) is 6.15. The summed E-state index contributed by atoms with van der Waals surface area (Å²) in [4.78, 5) is 37.7. The molecule has 0 saturated heterocycles. The zero-order valence-corrected chi connectivity index (χ0v) is 24.5. The van der Waals surface area contributed by atoms with Crippen LogP contribution in [-0.4, -0.2) is 43.0 Å². The zero-order valence-electron chi connectivity index (χ0n) is 23.8. The molecule has 0 unspecified atom stereocenters. The molecule has 0 aliphatic carbocycles. The molecule has 2 amide bonds.